The minimum atomic E-state index is -3.63. The second-order valence-corrected chi connectivity index (χ2v) is 10.2. The highest BCUT2D eigenvalue weighted by Gasteiger charge is 2.22. The van der Waals surface area contributed by atoms with Gasteiger partial charge in [0.2, 0.25) is 10.0 Å². The SMILES string of the molecule is CN(CCc1noc(COc2ccccc2F)n1)S(=O)(=O)c1ccc(C(C)(C)C)cc1. The van der Waals surface area contributed by atoms with Crippen molar-refractivity contribution in [2.45, 2.75) is 44.1 Å². The molecular formula is C22H26FN3O4S. The van der Waals surface area contributed by atoms with E-state index >= 15 is 0 Å². The summed E-state index contributed by atoms with van der Waals surface area (Å²) >= 11 is 0. The van der Waals surface area contributed by atoms with Gasteiger partial charge in [0, 0.05) is 20.0 Å². The standard InChI is InChI=1S/C22H26FN3O4S/c1-22(2,3)16-9-11-17(12-10-16)31(27,28)26(4)14-13-20-24-21(30-25-20)15-29-19-8-6-5-7-18(19)23/h5-12H,13-15H2,1-4H3. The van der Waals surface area contributed by atoms with Gasteiger partial charge in [0.05, 0.1) is 4.90 Å². The monoisotopic (exact) mass is 447 g/mol. The lowest BCUT2D eigenvalue weighted by Crippen LogP contribution is -2.29. The largest absolute Gasteiger partial charge is 0.481 e. The molecule has 0 spiro atoms. The van der Waals surface area contributed by atoms with Crippen molar-refractivity contribution in [2.75, 3.05) is 13.6 Å². The molecule has 0 bridgehead atoms. The smallest absolute Gasteiger partial charge is 0.264 e. The van der Waals surface area contributed by atoms with E-state index in [4.69, 9.17) is 9.26 Å². The van der Waals surface area contributed by atoms with Crippen LogP contribution in [-0.4, -0.2) is 36.5 Å². The molecule has 1 heterocycles. The minimum Gasteiger partial charge on any atom is -0.481 e. The van der Waals surface area contributed by atoms with Crippen LogP contribution in [0.1, 0.15) is 38.0 Å². The van der Waals surface area contributed by atoms with Crippen molar-refractivity contribution in [3.05, 3.63) is 71.6 Å². The normalized spacial score (nSPS) is 12.3. The molecule has 3 aromatic rings. The number of aromatic nitrogens is 2. The molecule has 0 saturated carbocycles. The van der Waals surface area contributed by atoms with Crippen molar-refractivity contribution in [2.24, 2.45) is 0 Å². The molecule has 3 rings (SSSR count). The van der Waals surface area contributed by atoms with Crippen LogP contribution in [0.3, 0.4) is 0 Å². The van der Waals surface area contributed by atoms with E-state index in [2.05, 4.69) is 30.9 Å². The molecule has 9 heteroatoms. The first kappa shape index (κ1) is 22.9. The molecule has 0 saturated heterocycles. The van der Waals surface area contributed by atoms with Crippen molar-refractivity contribution in [1.82, 2.24) is 14.4 Å². The van der Waals surface area contributed by atoms with Crippen molar-refractivity contribution in [3.63, 3.8) is 0 Å². The molecule has 1 aromatic heterocycles. The molecule has 0 radical (unpaired) electrons. The number of rotatable bonds is 8. The quantitative estimate of drug-likeness (QED) is 0.520. The van der Waals surface area contributed by atoms with Crippen LogP contribution in [0.15, 0.2) is 57.9 Å². The maximum atomic E-state index is 13.6. The summed E-state index contributed by atoms with van der Waals surface area (Å²) in [5.41, 5.74) is 1.01. The van der Waals surface area contributed by atoms with E-state index in [0.29, 0.717) is 5.82 Å². The summed E-state index contributed by atoms with van der Waals surface area (Å²) in [5, 5.41) is 3.83. The fraction of sp³-hybridized carbons (Fsp3) is 0.364. The summed E-state index contributed by atoms with van der Waals surface area (Å²) < 4.78 is 50.9. The van der Waals surface area contributed by atoms with Gasteiger partial charge in [0.25, 0.3) is 5.89 Å². The Morgan fingerprint density at radius 1 is 1.10 bits per heavy atom. The third kappa shape index (κ3) is 5.68. The van der Waals surface area contributed by atoms with Crippen molar-refractivity contribution < 1.29 is 22.1 Å². The molecule has 7 nitrogen and oxygen atoms in total. The van der Waals surface area contributed by atoms with E-state index in [1.54, 1.807) is 24.3 Å². The van der Waals surface area contributed by atoms with Crippen LogP contribution in [0.25, 0.3) is 0 Å². The predicted molar refractivity (Wildman–Crippen MR) is 114 cm³/mol. The average Bonchev–Trinajstić information content (AvgIpc) is 3.18. The second-order valence-electron chi connectivity index (χ2n) is 8.17. The van der Waals surface area contributed by atoms with E-state index in [1.807, 2.05) is 12.1 Å². The first-order valence-electron chi connectivity index (χ1n) is 9.83. The van der Waals surface area contributed by atoms with Gasteiger partial charge in [-0.15, -0.1) is 0 Å². The third-order valence-electron chi connectivity index (χ3n) is 4.78. The van der Waals surface area contributed by atoms with Crippen molar-refractivity contribution in [1.29, 1.82) is 0 Å². The zero-order chi connectivity index (χ0) is 22.6. The molecule has 2 aromatic carbocycles. The minimum absolute atomic E-state index is 0.0550. The maximum absolute atomic E-state index is 13.6. The Hall–Kier alpha value is -2.78. The lowest BCUT2D eigenvalue weighted by molar-refractivity contribution is 0.234. The Balaban J connectivity index is 1.57. The van der Waals surface area contributed by atoms with Gasteiger partial charge in [-0.2, -0.15) is 4.98 Å². The van der Waals surface area contributed by atoms with Gasteiger partial charge >= 0.3 is 0 Å². The highest BCUT2D eigenvalue weighted by atomic mass is 32.2. The van der Waals surface area contributed by atoms with Gasteiger partial charge in [0.15, 0.2) is 24.0 Å². The molecule has 0 atom stereocenters. The number of nitrogens with zero attached hydrogens (tertiary/aromatic N) is 3. The van der Waals surface area contributed by atoms with Gasteiger partial charge in [-0.1, -0.05) is 50.2 Å². The van der Waals surface area contributed by atoms with Gasteiger partial charge < -0.3 is 9.26 Å². The van der Waals surface area contributed by atoms with E-state index in [9.17, 15) is 12.8 Å². The summed E-state index contributed by atoms with van der Waals surface area (Å²) in [6.07, 6.45) is 0.263. The van der Waals surface area contributed by atoms with Gasteiger partial charge in [0.1, 0.15) is 0 Å². The summed E-state index contributed by atoms with van der Waals surface area (Å²) in [6, 6.07) is 12.9. The average molecular weight is 448 g/mol. The second kappa shape index (κ2) is 9.15. The zero-order valence-corrected chi connectivity index (χ0v) is 18.8. The molecular weight excluding hydrogens is 421 g/mol. The third-order valence-corrected chi connectivity index (χ3v) is 6.65. The summed E-state index contributed by atoms with van der Waals surface area (Å²) in [7, 11) is -2.13. The molecule has 0 unspecified atom stereocenters. The number of hydrogen-bond donors (Lipinski definition) is 0. The predicted octanol–water partition coefficient (Wildman–Crippen LogP) is 3.95. The lowest BCUT2D eigenvalue weighted by atomic mass is 9.87. The first-order chi connectivity index (χ1) is 14.6. The highest BCUT2D eigenvalue weighted by Crippen LogP contribution is 2.24. The van der Waals surface area contributed by atoms with E-state index in [-0.39, 0.29) is 41.5 Å². The number of para-hydroxylation sites is 1. The number of halogens is 1. The van der Waals surface area contributed by atoms with Gasteiger partial charge in [-0.05, 0) is 35.2 Å². The summed E-state index contributed by atoms with van der Waals surface area (Å²) in [4.78, 5) is 4.41. The first-order valence-corrected chi connectivity index (χ1v) is 11.3. The number of likely N-dealkylation sites (N-methyl/N-ethyl adjacent to an activating group) is 1. The number of sulfonamides is 1. The molecule has 0 fully saturated rings. The highest BCUT2D eigenvalue weighted by molar-refractivity contribution is 7.89. The fourth-order valence-corrected chi connectivity index (χ4v) is 4.01. The number of benzene rings is 2. The lowest BCUT2D eigenvalue weighted by Gasteiger charge is -2.20. The zero-order valence-electron chi connectivity index (χ0n) is 18.0. The van der Waals surface area contributed by atoms with E-state index in [1.165, 1.54) is 23.5 Å². The maximum Gasteiger partial charge on any atom is 0.264 e. The Morgan fingerprint density at radius 2 is 1.77 bits per heavy atom. The van der Waals surface area contributed by atoms with Crippen molar-refractivity contribution in [3.8, 4) is 5.75 Å². The van der Waals surface area contributed by atoms with Crippen LogP contribution in [0.4, 0.5) is 4.39 Å². The van der Waals surface area contributed by atoms with Crippen LogP contribution in [-0.2, 0) is 28.5 Å². The van der Waals surface area contributed by atoms with E-state index in [0.717, 1.165) is 5.56 Å². The molecule has 0 N–H and O–H groups in total. The summed E-state index contributed by atoms with van der Waals surface area (Å²) in [6.45, 7) is 6.31. The molecule has 31 heavy (non-hydrogen) atoms. The van der Waals surface area contributed by atoms with E-state index < -0.39 is 15.8 Å². The molecule has 0 amide bonds. The molecule has 0 aliphatic heterocycles. The fourth-order valence-electron chi connectivity index (χ4n) is 2.84. The van der Waals surface area contributed by atoms with Crippen molar-refractivity contribution >= 4 is 10.0 Å². The Morgan fingerprint density at radius 3 is 2.42 bits per heavy atom. The van der Waals surface area contributed by atoms with Crippen LogP contribution < -0.4 is 4.74 Å². The van der Waals surface area contributed by atoms with Gasteiger partial charge in [-0.3, -0.25) is 0 Å². The molecule has 0 aliphatic rings. The van der Waals surface area contributed by atoms with Crippen LogP contribution in [0.5, 0.6) is 5.75 Å². The number of hydrogen-bond acceptors (Lipinski definition) is 6. The van der Waals surface area contributed by atoms with Crippen LogP contribution in [0, 0.1) is 5.82 Å². The molecule has 166 valence electrons. The Kier molecular flexibility index (Phi) is 6.76. The molecule has 0 aliphatic carbocycles. The Labute approximate surface area is 181 Å². The van der Waals surface area contributed by atoms with Gasteiger partial charge in [-0.25, -0.2) is 17.1 Å². The summed E-state index contributed by atoms with van der Waals surface area (Å²) in [5.74, 6) is 0.133. The van der Waals surface area contributed by atoms with Crippen LogP contribution in [0.2, 0.25) is 0 Å². The topological polar surface area (TPSA) is 85.5 Å². The number of ether oxygens (including phenoxy) is 1. The van der Waals surface area contributed by atoms with Crippen LogP contribution >= 0.6 is 0 Å². The Bertz CT molecular complexity index is 1120.